The maximum absolute atomic E-state index is 12.6. The molecule has 0 radical (unpaired) electrons. The van der Waals surface area contributed by atoms with E-state index in [0.717, 1.165) is 26.2 Å². The molecule has 0 bridgehead atoms. The van der Waals surface area contributed by atoms with Gasteiger partial charge in [0.2, 0.25) is 0 Å². The summed E-state index contributed by atoms with van der Waals surface area (Å²) in [6, 6.07) is 0. The van der Waals surface area contributed by atoms with Crippen molar-refractivity contribution in [3.05, 3.63) is 17.1 Å². The first kappa shape index (κ1) is 18.9. The molecule has 2 N–H and O–H groups in total. The summed E-state index contributed by atoms with van der Waals surface area (Å²) in [5.74, 6) is 0.436. The highest BCUT2D eigenvalue weighted by molar-refractivity contribution is 6.00. The highest BCUT2D eigenvalue weighted by atomic mass is 16.5. The summed E-state index contributed by atoms with van der Waals surface area (Å²) in [4.78, 5) is 14.6. The number of rotatable bonds is 7. The smallest absolute Gasteiger partial charge is 0.327 e. The van der Waals surface area contributed by atoms with Gasteiger partial charge < -0.3 is 15.1 Å². The van der Waals surface area contributed by atoms with Crippen LogP contribution < -0.4 is 5.32 Å². The summed E-state index contributed by atoms with van der Waals surface area (Å²) in [7, 11) is 1.91. The highest BCUT2D eigenvalue weighted by Gasteiger charge is 2.41. The molecule has 0 saturated carbocycles. The molecule has 2 aliphatic heterocycles. The molecule has 136 valence electrons. The molecule has 0 spiro atoms. The van der Waals surface area contributed by atoms with Crippen molar-refractivity contribution in [2.75, 3.05) is 33.4 Å². The molecule has 0 aromatic carbocycles. The summed E-state index contributed by atoms with van der Waals surface area (Å²) in [5.41, 5.74) is -0.897. The molecule has 1 atom stereocenters. The number of allylic oxidation sites excluding steroid dienone is 1. The number of hydrogen-bond donors (Lipinski definition) is 2. The van der Waals surface area contributed by atoms with E-state index >= 15 is 0 Å². The Morgan fingerprint density at radius 3 is 2.67 bits per heavy atom. The van der Waals surface area contributed by atoms with Crippen LogP contribution in [-0.2, 0) is 9.53 Å². The number of carbonyl (C=O) groups excluding carboxylic acids is 1. The van der Waals surface area contributed by atoms with Gasteiger partial charge in [0.1, 0.15) is 11.3 Å². The molecule has 1 amide bonds. The van der Waals surface area contributed by atoms with Crippen LogP contribution in [0.5, 0.6) is 0 Å². The molecule has 2 aliphatic rings. The molecular formula is C17H29N3O4. The van der Waals surface area contributed by atoms with E-state index in [2.05, 4.69) is 5.32 Å². The average molecular weight is 339 g/mol. The van der Waals surface area contributed by atoms with Gasteiger partial charge in [0.25, 0.3) is 5.82 Å². The predicted molar refractivity (Wildman–Crippen MR) is 91.4 cm³/mol. The van der Waals surface area contributed by atoms with Crippen LogP contribution >= 0.6 is 0 Å². The quantitative estimate of drug-likeness (QED) is 0.526. The van der Waals surface area contributed by atoms with E-state index in [1.807, 2.05) is 25.8 Å². The molecule has 1 fully saturated rings. The zero-order valence-electron chi connectivity index (χ0n) is 15.3. The number of hydroxylamine groups is 1. The third kappa shape index (κ3) is 3.63. The Bertz CT molecular complexity index is 560. The SMILES string of the molecule is CN(CC1CCOC1)C(C)(C)C(=O)NC1=CC(C(C)(C)CO)=[N+]1[O-]. The number of ether oxygens (including phenoxy) is 1. The van der Waals surface area contributed by atoms with Gasteiger partial charge in [0, 0.05) is 13.2 Å². The molecule has 0 aliphatic carbocycles. The molecule has 1 saturated heterocycles. The first-order valence-electron chi connectivity index (χ1n) is 8.37. The van der Waals surface area contributed by atoms with Crippen LogP contribution in [0.4, 0.5) is 0 Å². The average Bonchev–Trinajstić information content (AvgIpc) is 3.02. The lowest BCUT2D eigenvalue weighted by atomic mass is 9.86. The fraction of sp³-hybridized carbons (Fsp3) is 0.765. The number of nitrogens with zero attached hydrogens (tertiary/aromatic N) is 2. The molecule has 24 heavy (non-hydrogen) atoms. The second-order valence-corrected chi connectivity index (χ2v) is 7.87. The van der Waals surface area contributed by atoms with Gasteiger partial charge in [-0.15, -0.1) is 0 Å². The van der Waals surface area contributed by atoms with Crippen LogP contribution in [-0.4, -0.2) is 65.3 Å². The van der Waals surface area contributed by atoms with Crippen molar-refractivity contribution in [3.8, 4) is 0 Å². The van der Waals surface area contributed by atoms with E-state index in [4.69, 9.17) is 4.74 Å². The summed E-state index contributed by atoms with van der Waals surface area (Å²) in [6.45, 7) is 9.40. The minimum atomic E-state index is -0.744. The van der Waals surface area contributed by atoms with E-state index in [-0.39, 0.29) is 18.3 Å². The Kier molecular flexibility index (Phi) is 5.37. The second-order valence-electron chi connectivity index (χ2n) is 7.87. The lowest BCUT2D eigenvalue weighted by Crippen LogP contribution is -2.56. The molecule has 1 unspecified atom stereocenters. The Morgan fingerprint density at radius 2 is 2.17 bits per heavy atom. The number of likely N-dealkylation sites (N-methyl/N-ethyl adjacent to an activating group) is 1. The van der Waals surface area contributed by atoms with E-state index in [0.29, 0.717) is 16.4 Å². The minimum Gasteiger partial charge on any atom is -0.710 e. The van der Waals surface area contributed by atoms with Crippen molar-refractivity contribution in [1.82, 2.24) is 10.2 Å². The molecule has 0 aromatic rings. The van der Waals surface area contributed by atoms with Crippen LogP contribution in [0.2, 0.25) is 0 Å². The number of hydrogen-bond acceptors (Lipinski definition) is 5. The Hall–Kier alpha value is -1.44. The van der Waals surface area contributed by atoms with Gasteiger partial charge in [-0.2, -0.15) is 0 Å². The van der Waals surface area contributed by atoms with E-state index in [9.17, 15) is 15.1 Å². The van der Waals surface area contributed by atoms with Gasteiger partial charge in [0.15, 0.2) is 0 Å². The summed E-state index contributed by atoms with van der Waals surface area (Å²) < 4.78 is 6.07. The topological polar surface area (TPSA) is 87.9 Å². The van der Waals surface area contributed by atoms with Crippen LogP contribution in [0.1, 0.15) is 34.1 Å². The number of nitrogens with one attached hydrogen (secondary N) is 1. The normalized spacial score (nSPS) is 21.8. The van der Waals surface area contributed by atoms with Gasteiger partial charge >= 0.3 is 5.91 Å². The predicted octanol–water partition coefficient (Wildman–Crippen LogP) is 0.674. The third-order valence-corrected chi connectivity index (χ3v) is 5.11. The zero-order chi connectivity index (χ0) is 18.1. The first-order chi connectivity index (χ1) is 11.1. The van der Waals surface area contributed by atoms with Crippen molar-refractivity contribution in [2.45, 2.75) is 39.7 Å². The fourth-order valence-corrected chi connectivity index (χ4v) is 2.73. The van der Waals surface area contributed by atoms with Crippen molar-refractivity contribution < 1.29 is 19.4 Å². The van der Waals surface area contributed by atoms with Gasteiger partial charge in [-0.1, -0.05) is 13.8 Å². The van der Waals surface area contributed by atoms with E-state index < -0.39 is 11.0 Å². The van der Waals surface area contributed by atoms with Crippen molar-refractivity contribution in [1.29, 1.82) is 0 Å². The largest absolute Gasteiger partial charge is 0.710 e. The minimum absolute atomic E-state index is 0.128. The summed E-state index contributed by atoms with van der Waals surface area (Å²) in [6.07, 6.45) is 2.64. The molecule has 7 heteroatoms. The third-order valence-electron chi connectivity index (χ3n) is 5.11. The number of aliphatic hydroxyl groups is 1. The van der Waals surface area contributed by atoms with Crippen molar-refractivity contribution in [3.63, 3.8) is 0 Å². The summed E-state index contributed by atoms with van der Waals surface area (Å²) in [5, 5.41) is 24.2. The number of carbonyl (C=O) groups is 1. The molecule has 7 nitrogen and oxygen atoms in total. The molecular weight excluding hydrogens is 310 g/mol. The lowest BCUT2D eigenvalue weighted by Gasteiger charge is -2.35. The number of aliphatic hydroxyl groups excluding tert-OH is 1. The molecule has 0 aromatic heterocycles. The Morgan fingerprint density at radius 1 is 1.50 bits per heavy atom. The zero-order valence-corrected chi connectivity index (χ0v) is 15.3. The molecule has 2 heterocycles. The fourth-order valence-electron chi connectivity index (χ4n) is 2.73. The Labute approximate surface area is 143 Å². The Balaban J connectivity index is 1.95. The van der Waals surface area contributed by atoms with Crippen LogP contribution in [0.15, 0.2) is 11.9 Å². The lowest BCUT2D eigenvalue weighted by molar-refractivity contribution is -0.424. The number of amides is 1. The summed E-state index contributed by atoms with van der Waals surface area (Å²) >= 11 is 0. The van der Waals surface area contributed by atoms with Crippen molar-refractivity contribution >= 4 is 11.6 Å². The maximum Gasteiger partial charge on any atom is 0.327 e. The standard InChI is InChI=1S/C17H29N3O4/c1-16(2,11-21)13-8-14(20(13)23)18-15(22)17(3,4)19(5)9-12-6-7-24-10-12/h8,12,21H,6-7,9-11H2,1-5H3,(H,18,22). The van der Waals surface area contributed by atoms with Crippen LogP contribution in [0, 0.1) is 16.5 Å². The highest BCUT2D eigenvalue weighted by Crippen LogP contribution is 2.25. The van der Waals surface area contributed by atoms with Gasteiger partial charge in [-0.3, -0.25) is 4.90 Å². The maximum atomic E-state index is 12.6. The van der Waals surface area contributed by atoms with Gasteiger partial charge in [0.05, 0.1) is 24.7 Å². The second kappa shape index (κ2) is 6.82. The van der Waals surface area contributed by atoms with E-state index in [1.165, 1.54) is 0 Å². The van der Waals surface area contributed by atoms with Gasteiger partial charge in [-0.25, -0.2) is 14.9 Å². The monoisotopic (exact) mass is 339 g/mol. The van der Waals surface area contributed by atoms with Crippen molar-refractivity contribution in [2.24, 2.45) is 11.3 Å². The van der Waals surface area contributed by atoms with E-state index in [1.54, 1.807) is 19.9 Å². The van der Waals surface area contributed by atoms with Crippen LogP contribution in [0.3, 0.4) is 0 Å². The first-order valence-corrected chi connectivity index (χ1v) is 8.37. The van der Waals surface area contributed by atoms with Crippen LogP contribution in [0.25, 0.3) is 0 Å². The molecule has 2 rings (SSSR count). The van der Waals surface area contributed by atoms with Gasteiger partial charge in [-0.05, 0) is 33.2 Å².